The van der Waals surface area contributed by atoms with E-state index in [0.717, 1.165) is 5.56 Å². The molecule has 17 heavy (non-hydrogen) atoms. The third kappa shape index (κ3) is 2.23. The van der Waals surface area contributed by atoms with Gasteiger partial charge in [0, 0.05) is 5.56 Å². The summed E-state index contributed by atoms with van der Waals surface area (Å²) in [6.07, 6.45) is 0. The highest BCUT2D eigenvalue weighted by molar-refractivity contribution is 6.36. The predicted octanol–water partition coefficient (Wildman–Crippen LogP) is 1.82. The second kappa shape index (κ2) is 4.94. The van der Waals surface area contributed by atoms with Crippen molar-refractivity contribution in [2.24, 2.45) is 0 Å². The molecule has 0 radical (unpaired) electrons. The standard InChI is InChI=1S/C12H14ClNO3/c1-7-5-9-12(17-4-3-16-9)11(13)10(7)8(15)6-14-2/h5,14H,3-4,6H2,1-2H3. The van der Waals surface area contributed by atoms with Gasteiger partial charge in [-0.2, -0.15) is 0 Å². The highest BCUT2D eigenvalue weighted by atomic mass is 35.5. The number of halogens is 1. The molecule has 0 saturated heterocycles. The summed E-state index contributed by atoms with van der Waals surface area (Å²) in [5, 5.41) is 3.17. The van der Waals surface area contributed by atoms with Gasteiger partial charge in [0.25, 0.3) is 0 Å². The molecule has 2 rings (SSSR count). The van der Waals surface area contributed by atoms with Crippen LogP contribution in [0.2, 0.25) is 5.02 Å². The van der Waals surface area contributed by atoms with Gasteiger partial charge in [-0.3, -0.25) is 4.79 Å². The molecule has 5 heteroatoms. The molecule has 1 aliphatic heterocycles. The van der Waals surface area contributed by atoms with Crippen molar-refractivity contribution in [1.82, 2.24) is 5.32 Å². The zero-order chi connectivity index (χ0) is 12.4. The van der Waals surface area contributed by atoms with Crippen LogP contribution in [0.4, 0.5) is 0 Å². The van der Waals surface area contributed by atoms with Crippen molar-refractivity contribution in [2.75, 3.05) is 26.8 Å². The van der Waals surface area contributed by atoms with Crippen LogP contribution in [0, 0.1) is 6.92 Å². The molecule has 1 N–H and O–H groups in total. The molecule has 0 aromatic heterocycles. The summed E-state index contributed by atoms with van der Waals surface area (Å²) >= 11 is 6.21. The van der Waals surface area contributed by atoms with E-state index >= 15 is 0 Å². The van der Waals surface area contributed by atoms with E-state index in [1.807, 2.05) is 6.92 Å². The highest BCUT2D eigenvalue weighted by Gasteiger charge is 2.23. The van der Waals surface area contributed by atoms with Crippen molar-refractivity contribution in [3.63, 3.8) is 0 Å². The number of hydrogen-bond donors (Lipinski definition) is 1. The maximum absolute atomic E-state index is 11.9. The molecule has 1 aliphatic rings. The second-order valence-corrected chi connectivity index (χ2v) is 4.24. The first kappa shape index (κ1) is 12.2. The molecule has 0 aliphatic carbocycles. The second-order valence-electron chi connectivity index (χ2n) is 3.86. The number of rotatable bonds is 3. The van der Waals surface area contributed by atoms with E-state index < -0.39 is 0 Å². The summed E-state index contributed by atoms with van der Waals surface area (Å²) in [5.41, 5.74) is 1.31. The van der Waals surface area contributed by atoms with Crippen molar-refractivity contribution >= 4 is 17.4 Å². The molecule has 0 fully saturated rings. The normalized spacial score (nSPS) is 13.6. The van der Waals surface area contributed by atoms with Crippen LogP contribution in [0.25, 0.3) is 0 Å². The minimum Gasteiger partial charge on any atom is -0.486 e. The number of nitrogens with one attached hydrogen (secondary N) is 1. The molecule has 0 unspecified atom stereocenters. The Hall–Kier alpha value is -1.26. The molecule has 1 heterocycles. The third-order valence-electron chi connectivity index (χ3n) is 2.59. The van der Waals surface area contributed by atoms with E-state index in [2.05, 4.69) is 5.32 Å². The molecular formula is C12H14ClNO3. The molecule has 0 amide bonds. The zero-order valence-corrected chi connectivity index (χ0v) is 10.6. The zero-order valence-electron chi connectivity index (χ0n) is 9.80. The summed E-state index contributed by atoms with van der Waals surface area (Å²) in [6, 6.07) is 1.79. The number of ether oxygens (including phenoxy) is 2. The molecule has 0 spiro atoms. The Morgan fingerprint density at radius 3 is 2.88 bits per heavy atom. The molecular weight excluding hydrogens is 242 g/mol. The number of hydrogen-bond acceptors (Lipinski definition) is 4. The summed E-state index contributed by atoms with van der Waals surface area (Å²) < 4.78 is 10.9. The minimum atomic E-state index is -0.0491. The van der Waals surface area contributed by atoms with Gasteiger partial charge in [0.15, 0.2) is 17.3 Å². The smallest absolute Gasteiger partial charge is 0.180 e. The minimum absolute atomic E-state index is 0.0491. The van der Waals surface area contributed by atoms with E-state index in [9.17, 15) is 4.79 Å². The SMILES string of the molecule is CNCC(=O)c1c(C)cc2c(c1Cl)OCCO2. The lowest BCUT2D eigenvalue weighted by Crippen LogP contribution is -2.21. The Labute approximate surface area is 105 Å². The van der Waals surface area contributed by atoms with Crippen LogP contribution in [-0.4, -0.2) is 32.6 Å². The fraction of sp³-hybridized carbons (Fsp3) is 0.417. The molecule has 1 aromatic carbocycles. The number of Topliss-reactive ketones (excluding diaryl/α,β-unsaturated/α-hetero) is 1. The van der Waals surface area contributed by atoms with Crippen LogP contribution >= 0.6 is 11.6 Å². The van der Waals surface area contributed by atoms with Crippen molar-refractivity contribution in [3.05, 3.63) is 22.2 Å². The lowest BCUT2D eigenvalue weighted by molar-refractivity contribution is 0.0992. The Balaban J connectivity index is 2.49. The van der Waals surface area contributed by atoms with Gasteiger partial charge in [0.1, 0.15) is 13.2 Å². The number of benzene rings is 1. The monoisotopic (exact) mass is 255 g/mol. The molecule has 0 saturated carbocycles. The van der Waals surface area contributed by atoms with Gasteiger partial charge in [-0.15, -0.1) is 0 Å². The number of likely N-dealkylation sites (N-methyl/N-ethyl adjacent to an activating group) is 1. The summed E-state index contributed by atoms with van der Waals surface area (Å²) in [7, 11) is 1.72. The summed E-state index contributed by atoms with van der Waals surface area (Å²) in [5.74, 6) is 1.04. The Morgan fingerprint density at radius 1 is 1.47 bits per heavy atom. The third-order valence-corrected chi connectivity index (χ3v) is 2.95. The molecule has 0 bridgehead atoms. The van der Waals surface area contributed by atoms with Gasteiger partial charge < -0.3 is 14.8 Å². The average Bonchev–Trinajstić information content (AvgIpc) is 2.29. The maximum Gasteiger partial charge on any atom is 0.180 e. The lowest BCUT2D eigenvalue weighted by atomic mass is 10.0. The van der Waals surface area contributed by atoms with Crippen LogP contribution in [0.15, 0.2) is 6.07 Å². The fourth-order valence-electron chi connectivity index (χ4n) is 1.86. The topological polar surface area (TPSA) is 47.6 Å². The van der Waals surface area contributed by atoms with Gasteiger partial charge in [-0.25, -0.2) is 0 Å². The maximum atomic E-state index is 11.9. The Morgan fingerprint density at radius 2 is 2.18 bits per heavy atom. The van der Waals surface area contributed by atoms with Crippen molar-refractivity contribution in [2.45, 2.75) is 6.92 Å². The molecule has 0 atom stereocenters. The first-order chi connectivity index (χ1) is 8.15. The summed E-state index contributed by atoms with van der Waals surface area (Å²) in [6.45, 7) is 3.05. The van der Waals surface area contributed by atoms with Crippen molar-refractivity contribution in [1.29, 1.82) is 0 Å². The van der Waals surface area contributed by atoms with Crippen LogP contribution in [0.3, 0.4) is 0 Å². The van der Waals surface area contributed by atoms with E-state index in [4.69, 9.17) is 21.1 Å². The number of carbonyl (C=O) groups is 1. The van der Waals surface area contributed by atoms with Crippen molar-refractivity contribution < 1.29 is 14.3 Å². The van der Waals surface area contributed by atoms with Gasteiger partial charge >= 0.3 is 0 Å². The fourth-order valence-corrected chi connectivity index (χ4v) is 2.26. The first-order valence-corrected chi connectivity index (χ1v) is 5.79. The number of carbonyl (C=O) groups excluding carboxylic acids is 1. The Bertz CT molecular complexity index is 460. The number of aryl methyl sites for hydroxylation is 1. The summed E-state index contributed by atoms with van der Waals surface area (Å²) in [4.78, 5) is 11.9. The van der Waals surface area contributed by atoms with Crippen LogP contribution in [-0.2, 0) is 0 Å². The molecule has 4 nitrogen and oxygen atoms in total. The number of fused-ring (bicyclic) bond motifs is 1. The van der Waals surface area contributed by atoms with Gasteiger partial charge in [-0.05, 0) is 25.6 Å². The quantitative estimate of drug-likeness (QED) is 0.837. The largest absolute Gasteiger partial charge is 0.486 e. The molecule has 92 valence electrons. The highest BCUT2D eigenvalue weighted by Crippen LogP contribution is 2.41. The lowest BCUT2D eigenvalue weighted by Gasteiger charge is -2.21. The van der Waals surface area contributed by atoms with Gasteiger partial charge in [-0.1, -0.05) is 11.6 Å². The number of ketones is 1. The van der Waals surface area contributed by atoms with E-state index in [1.54, 1.807) is 13.1 Å². The van der Waals surface area contributed by atoms with Crippen molar-refractivity contribution in [3.8, 4) is 11.5 Å². The van der Waals surface area contributed by atoms with Crippen LogP contribution in [0.1, 0.15) is 15.9 Å². The predicted molar refractivity (Wildman–Crippen MR) is 65.4 cm³/mol. The van der Waals surface area contributed by atoms with E-state index in [1.165, 1.54) is 0 Å². The molecule has 1 aromatic rings. The Kier molecular flexibility index (Phi) is 3.54. The van der Waals surface area contributed by atoms with Crippen LogP contribution < -0.4 is 14.8 Å². The van der Waals surface area contributed by atoms with E-state index in [0.29, 0.717) is 35.3 Å². The first-order valence-electron chi connectivity index (χ1n) is 5.41. The van der Waals surface area contributed by atoms with E-state index in [-0.39, 0.29) is 12.3 Å². The van der Waals surface area contributed by atoms with Gasteiger partial charge in [0.05, 0.1) is 11.6 Å². The average molecular weight is 256 g/mol. The van der Waals surface area contributed by atoms with Crippen LogP contribution in [0.5, 0.6) is 11.5 Å². The van der Waals surface area contributed by atoms with Gasteiger partial charge in [0.2, 0.25) is 0 Å².